The molecule has 0 saturated heterocycles. The fourth-order valence-corrected chi connectivity index (χ4v) is 2.73. The summed E-state index contributed by atoms with van der Waals surface area (Å²) in [4.78, 5) is 48.7. The van der Waals surface area contributed by atoms with Gasteiger partial charge >= 0.3 is 23.9 Å². The topological polar surface area (TPSA) is 158 Å². The third-order valence-corrected chi connectivity index (χ3v) is 4.33. The molecule has 0 unspecified atom stereocenters. The zero-order valence-corrected chi connectivity index (χ0v) is 19.1. The quantitative estimate of drug-likeness (QED) is 0.120. The van der Waals surface area contributed by atoms with Crippen molar-refractivity contribution in [1.29, 1.82) is 0 Å². The van der Waals surface area contributed by atoms with Crippen LogP contribution in [0.3, 0.4) is 0 Å². The number of rotatable bonds is 21. The Balaban J connectivity index is 4.64. The lowest BCUT2D eigenvalue weighted by Crippen LogP contribution is -2.43. The highest BCUT2D eigenvalue weighted by atomic mass is 16.5. The molecule has 12 nitrogen and oxygen atoms in total. The van der Waals surface area contributed by atoms with Crippen LogP contribution in [0.4, 0.5) is 0 Å². The lowest BCUT2D eigenvalue weighted by molar-refractivity contribution is -0.144. The summed E-state index contributed by atoms with van der Waals surface area (Å²) < 4.78 is 9.86. The molecule has 12 heteroatoms. The number of carbonyl (C=O) groups excluding carboxylic acids is 2. The molecule has 0 aliphatic rings. The van der Waals surface area contributed by atoms with Gasteiger partial charge < -0.3 is 35.2 Å². The van der Waals surface area contributed by atoms with Crippen molar-refractivity contribution in [3.8, 4) is 0 Å². The molecule has 0 spiro atoms. The lowest BCUT2D eigenvalue weighted by atomic mass is 10.3. The Labute approximate surface area is 189 Å². The molecule has 32 heavy (non-hydrogen) atoms. The molecule has 0 fully saturated rings. The molecule has 0 aromatic carbocycles. The maximum Gasteiger partial charge on any atom is 0.320 e. The average Bonchev–Trinajstić information content (AvgIpc) is 2.71. The molecule has 0 rings (SSSR count). The fraction of sp³-hybridized carbons (Fsp3) is 0.800. The zero-order chi connectivity index (χ0) is 24.2. The Morgan fingerprint density at radius 1 is 0.688 bits per heavy atom. The summed E-state index contributed by atoms with van der Waals surface area (Å²) in [5.41, 5.74) is 0. The van der Waals surface area contributed by atoms with Crippen LogP contribution in [0.25, 0.3) is 0 Å². The molecule has 4 N–H and O–H groups in total. The number of carboxylic acid groups (broad SMARTS) is 2. The van der Waals surface area contributed by atoms with Crippen molar-refractivity contribution in [3.63, 3.8) is 0 Å². The highest BCUT2D eigenvalue weighted by molar-refractivity contribution is 5.72. The van der Waals surface area contributed by atoms with Gasteiger partial charge in [0.1, 0.15) is 0 Å². The maximum absolute atomic E-state index is 11.9. The van der Waals surface area contributed by atoms with E-state index >= 15 is 0 Å². The number of ether oxygens (including phenoxy) is 2. The minimum atomic E-state index is -0.902. The molecule has 0 atom stereocenters. The maximum atomic E-state index is 11.9. The highest BCUT2D eigenvalue weighted by Gasteiger charge is 2.14. The number of nitrogens with one attached hydrogen (secondary N) is 2. The van der Waals surface area contributed by atoms with Crippen LogP contribution in [0, 0.1) is 0 Å². The summed E-state index contributed by atoms with van der Waals surface area (Å²) in [6.45, 7) is 7.91. The summed E-state index contributed by atoms with van der Waals surface area (Å²) >= 11 is 0. The Morgan fingerprint density at radius 3 is 1.88 bits per heavy atom. The van der Waals surface area contributed by atoms with E-state index in [1.54, 1.807) is 13.8 Å². The van der Waals surface area contributed by atoms with E-state index in [4.69, 9.17) is 19.7 Å². The zero-order valence-electron chi connectivity index (χ0n) is 19.1. The Morgan fingerprint density at radius 2 is 1.25 bits per heavy atom. The first-order valence-corrected chi connectivity index (χ1v) is 10.9. The van der Waals surface area contributed by atoms with Crippen molar-refractivity contribution in [2.24, 2.45) is 0 Å². The first-order valence-electron chi connectivity index (χ1n) is 10.9. The Hall–Kier alpha value is -2.28. The smallest absolute Gasteiger partial charge is 0.320 e. The van der Waals surface area contributed by atoms with Gasteiger partial charge in [0.2, 0.25) is 0 Å². The summed E-state index contributed by atoms with van der Waals surface area (Å²) in [7, 11) is 0. The van der Waals surface area contributed by atoms with Gasteiger partial charge in [-0.05, 0) is 13.8 Å². The Kier molecular flexibility index (Phi) is 18.0. The number of carboxylic acids is 2. The first kappa shape index (κ1) is 29.7. The molecular weight excluding hydrogens is 424 g/mol. The molecule has 0 bridgehead atoms. The predicted molar refractivity (Wildman–Crippen MR) is 116 cm³/mol. The molecule has 0 heterocycles. The third-order valence-electron chi connectivity index (χ3n) is 4.33. The van der Waals surface area contributed by atoms with Gasteiger partial charge in [0, 0.05) is 52.4 Å². The summed E-state index contributed by atoms with van der Waals surface area (Å²) in [6, 6.07) is 0. The van der Waals surface area contributed by atoms with E-state index in [-0.39, 0.29) is 44.5 Å². The number of esters is 2. The standard InChI is InChI=1S/C20H38N4O8/c1-3-31-19(29)15-22-9-11-23(10-6-18(27)28)13-14-24(16-20(30)32-4-2)12-8-21-7-5-17(25)26/h21-22H,3-16H2,1-2H3,(H,25,26)(H,27,28). The van der Waals surface area contributed by atoms with Crippen molar-refractivity contribution in [3.05, 3.63) is 0 Å². The van der Waals surface area contributed by atoms with Gasteiger partial charge in [0.05, 0.1) is 39.1 Å². The second-order valence-electron chi connectivity index (χ2n) is 6.94. The number of nitrogens with zero attached hydrogens (tertiary/aromatic N) is 2. The van der Waals surface area contributed by atoms with Crippen LogP contribution in [-0.2, 0) is 28.7 Å². The van der Waals surface area contributed by atoms with E-state index in [0.717, 1.165) is 0 Å². The van der Waals surface area contributed by atoms with Crippen molar-refractivity contribution < 1.29 is 38.9 Å². The summed E-state index contributed by atoms with van der Waals surface area (Å²) in [5, 5.41) is 23.7. The van der Waals surface area contributed by atoms with E-state index in [2.05, 4.69) is 10.6 Å². The van der Waals surface area contributed by atoms with Gasteiger partial charge in [-0.25, -0.2) is 0 Å². The number of aliphatic carboxylic acids is 2. The van der Waals surface area contributed by atoms with Gasteiger partial charge in [0.25, 0.3) is 0 Å². The average molecular weight is 463 g/mol. The molecule has 186 valence electrons. The molecule has 0 aliphatic heterocycles. The Bertz CT molecular complexity index is 562. The first-order chi connectivity index (χ1) is 15.3. The molecular formula is C20H38N4O8. The molecule has 0 aliphatic carbocycles. The fourth-order valence-electron chi connectivity index (χ4n) is 2.73. The number of carbonyl (C=O) groups is 4. The largest absolute Gasteiger partial charge is 0.481 e. The number of hydrogen-bond acceptors (Lipinski definition) is 10. The van der Waals surface area contributed by atoms with Crippen LogP contribution in [0.5, 0.6) is 0 Å². The van der Waals surface area contributed by atoms with Crippen molar-refractivity contribution in [1.82, 2.24) is 20.4 Å². The van der Waals surface area contributed by atoms with Crippen molar-refractivity contribution in [2.75, 3.05) is 78.7 Å². The molecule has 0 radical (unpaired) electrons. The van der Waals surface area contributed by atoms with E-state index in [9.17, 15) is 19.2 Å². The van der Waals surface area contributed by atoms with Crippen LogP contribution >= 0.6 is 0 Å². The highest BCUT2D eigenvalue weighted by Crippen LogP contribution is 1.97. The minimum absolute atomic E-state index is 0.0135. The molecule has 0 aromatic rings. The molecule has 0 amide bonds. The van der Waals surface area contributed by atoms with Gasteiger partial charge in [-0.2, -0.15) is 0 Å². The molecule has 0 saturated carbocycles. The second kappa shape index (κ2) is 19.4. The van der Waals surface area contributed by atoms with E-state index < -0.39 is 11.9 Å². The van der Waals surface area contributed by atoms with Gasteiger partial charge in [0.15, 0.2) is 0 Å². The number of hydrogen-bond donors (Lipinski definition) is 4. The van der Waals surface area contributed by atoms with E-state index in [1.165, 1.54) is 0 Å². The summed E-state index contributed by atoms with van der Waals surface area (Å²) in [6.07, 6.45) is -0.00780. The monoisotopic (exact) mass is 462 g/mol. The normalized spacial score (nSPS) is 11.0. The van der Waals surface area contributed by atoms with E-state index in [1.807, 2.05) is 9.80 Å². The van der Waals surface area contributed by atoms with Crippen LogP contribution in [-0.4, -0.2) is 123 Å². The van der Waals surface area contributed by atoms with Crippen LogP contribution in [0.2, 0.25) is 0 Å². The van der Waals surface area contributed by atoms with Gasteiger partial charge in [-0.1, -0.05) is 0 Å². The van der Waals surface area contributed by atoms with Gasteiger partial charge in [-0.15, -0.1) is 0 Å². The van der Waals surface area contributed by atoms with Crippen LogP contribution in [0.15, 0.2) is 0 Å². The van der Waals surface area contributed by atoms with Crippen molar-refractivity contribution in [2.45, 2.75) is 26.7 Å². The summed E-state index contributed by atoms with van der Waals surface area (Å²) in [5.74, 6) is -2.49. The van der Waals surface area contributed by atoms with Crippen LogP contribution in [0.1, 0.15) is 26.7 Å². The predicted octanol–water partition coefficient (Wildman–Crippen LogP) is -1.15. The van der Waals surface area contributed by atoms with Gasteiger partial charge in [-0.3, -0.25) is 24.1 Å². The SMILES string of the molecule is CCOC(=O)CNCCN(CCC(=O)O)CCN(CCNCCC(=O)O)CC(=O)OCC. The minimum Gasteiger partial charge on any atom is -0.481 e. The second-order valence-corrected chi connectivity index (χ2v) is 6.94. The molecule has 0 aromatic heterocycles. The van der Waals surface area contributed by atoms with Crippen LogP contribution < -0.4 is 10.6 Å². The lowest BCUT2D eigenvalue weighted by Gasteiger charge is -2.27. The third kappa shape index (κ3) is 18.5. The van der Waals surface area contributed by atoms with Crippen molar-refractivity contribution >= 4 is 23.9 Å². The van der Waals surface area contributed by atoms with E-state index in [0.29, 0.717) is 59.0 Å².